The van der Waals surface area contributed by atoms with E-state index >= 15 is 0 Å². The maximum atomic E-state index is 6.13. The highest BCUT2D eigenvalue weighted by molar-refractivity contribution is 7.11. The van der Waals surface area contributed by atoms with E-state index < -0.39 is 0 Å². The Labute approximate surface area is 137 Å². The normalized spacial score (nSPS) is 11.4. The highest BCUT2D eigenvalue weighted by Gasteiger charge is 2.13. The first kappa shape index (κ1) is 14.8. The van der Waals surface area contributed by atoms with E-state index in [0.717, 1.165) is 39.7 Å². The van der Waals surface area contributed by atoms with Gasteiger partial charge in [0.15, 0.2) is 0 Å². The third-order valence-corrected chi connectivity index (χ3v) is 4.90. The van der Waals surface area contributed by atoms with Crippen LogP contribution < -0.4 is 0 Å². The predicted octanol–water partition coefficient (Wildman–Crippen LogP) is 4.54. The Kier molecular flexibility index (Phi) is 4.48. The molecule has 110 valence electrons. The van der Waals surface area contributed by atoms with Gasteiger partial charge < -0.3 is 4.57 Å². The maximum Gasteiger partial charge on any atom is 0.113 e. The fraction of sp³-hybridized carbons (Fsp3) is 0.333. The predicted molar refractivity (Wildman–Crippen MR) is 89.8 cm³/mol. The number of hydrogen-bond acceptors (Lipinski definition) is 3. The molecule has 3 aromatic rings. The average molecular weight is 340 g/mol. The second kappa shape index (κ2) is 6.34. The second-order valence-corrected chi connectivity index (χ2v) is 6.77. The van der Waals surface area contributed by atoms with Crippen molar-refractivity contribution in [3.8, 4) is 0 Å². The van der Waals surface area contributed by atoms with Gasteiger partial charge in [-0.2, -0.15) is 0 Å². The summed E-state index contributed by atoms with van der Waals surface area (Å²) in [6, 6.07) is 5.77. The standard InChI is InChI=1S/C15H15Cl2N3S/c1-2-11-8-18-15(21-11)9-20-13-7-10(17)3-4-12(13)19-14(20)5-6-16/h3-4,7-8H,2,5-6,9H2,1H3. The molecular weight excluding hydrogens is 325 g/mol. The summed E-state index contributed by atoms with van der Waals surface area (Å²) in [6.07, 6.45) is 3.70. The van der Waals surface area contributed by atoms with E-state index in [0.29, 0.717) is 12.4 Å². The monoisotopic (exact) mass is 339 g/mol. The van der Waals surface area contributed by atoms with Gasteiger partial charge in [-0.05, 0) is 24.6 Å². The summed E-state index contributed by atoms with van der Waals surface area (Å²) in [5.41, 5.74) is 1.99. The molecule has 2 heterocycles. The number of aromatic nitrogens is 3. The molecule has 0 N–H and O–H groups in total. The first-order valence-corrected chi connectivity index (χ1v) is 8.58. The number of benzene rings is 1. The number of alkyl halides is 1. The lowest BCUT2D eigenvalue weighted by Crippen LogP contribution is -2.05. The summed E-state index contributed by atoms with van der Waals surface area (Å²) in [4.78, 5) is 10.5. The van der Waals surface area contributed by atoms with Gasteiger partial charge in [-0.1, -0.05) is 18.5 Å². The summed E-state index contributed by atoms with van der Waals surface area (Å²) in [6.45, 7) is 2.86. The third kappa shape index (κ3) is 3.07. The van der Waals surface area contributed by atoms with Gasteiger partial charge in [-0.3, -0.25) is 0 Å². The molecule has 0 unspecified atom stereocenters. The topological polar surface area (TPSA) is 30.7 Å². The third-order valence-electron chi connectivity index (χ3n) is 3.35. The van der Waals surface area contributed by atoms with Gasteiger partial charge in [-0.25, -0.2) is 9.97 Å². The quantitative estimate of drug-likeness (QED) is 0.639. The van der Waals surface area contributed by atoms with Crippen LogP contribution in [0.4, 0.5) is 0 Å². The van der Waals surface area contributed by atoms with Crippen LogP contribution in [0.2, 0.25) is 5.02 Å². The Morgan fingerprint density at radius 2 is 2.19 bits per heavy atom. The molecule has 21 heavy (non-hydrogen) atoms. The molecule has 0 bridgehead atoms. The summed E-state index contributed by atoms with van der Waals surface area (Å²) in [5.74, 6) is 1.53. The zero-order valence-electron chi connectivity index (χ0n) is 11.6. The summed E-state index contributed by atoms with van der Waals surface area (Å²) in [7, 11) is 0. The highest BCUT2D eigenvalue weighted by atomic mass is 35.5. The van der Waals surface area contributed by atoms with E-state index in [4.69, 9.17) is 23.2 Å². The van der Waals surface area contributed by atoms with Gasteiger partial charge in [0.1, 0.15) is 10.8 Å². The van der Waals surface area contributed by atoms with E-state index in [1.807, 2.05) is 24.4 Å². The molecule has 0 radical (unpaired) electrons. The van der Waals surface area contributed by atoms with Crippen molar-refractivity contribution in [2.45, 2.75) is 26.3 Å². The van der Waals surface area contributed by atoms with Crippen LogP contribution in [0, 0.1) is 0 Å². The lowest BCUT2D eigenvalue weighted by Gasteiger charge is -2.06. The first-order chi connectivity index (χ1) is 10.2. The number of halogens is 2. The van der Waals surface area contributed by atoms with Gasteiger partial charge in [-0.15, -0.1) is 22.9 Å². The largest absolute Gasteiger partial charge is 0.321 e. The van der Waals surface area contributed by atoms with Crippen LogP contribution in [0.5, 0.6) is 0 Å². The van der Waals surface area contributed by atoms with E-state index in [1.54, 1.807) is 11.3 Å². The van der Waals surface area contributed by atoms with Gasteiger partial charge in [0.05, 0.1) is 17.6 Å². The molecular formula is C15H15Cl2N3S. The molecule has 0 aliphatic carbocycles. The number of imidazole rings is 1. The van der Waals surface area contributed by atoms with Crippen molar-refractivity contribution in [2.75, 3.05) is 5.88 Å². The fourth-order valence-corrected chi connectivity index (χ4v) is 3.50. The van der Waals surface area contributed by atoms with Crippen LogP contribution in [0.1, 0.15) is 22.6 Å². The summed E-state index contributed by atoms with van der Waals surface area (Å²) < 4.78 is 2.17. The number of nitrogens with zero attached hydrogens (tertiary/aromatic N) is 3. The lowest BCUT2D eigenvalue weighted by atomic mass is 10.3. The van der Waals surface area contributed by atoms with E-state index in [9.17, 15) is 0 Å². The number of thiazole rings is 1. The Balaban J connectivity index is 2.05. The van der Waals surface area contributed by atoms with Crippen molar-refractivity contribution >= 4 is 45.6 Å². The number of rotatable bonds is 5. The second-order valence-electron chi connectivity index (χ2n) is 4.76. The van der Waals surface area contributed by atoms with E-state index in [1.165, 1.54) is 4.88 Å². The molecule has 0 aliphatic rings. The molecule has 2 aromatic heterocycles. The molecule has 0 spiro atoms. The Bertz CT molecular complexity index is 763. The van der Waals surface area contributed by atoms with Crippen molar-refractivity contribution in [3.63, 3.8) is 0 Å². The van der Waals surface area contributed by atoms with Crippen molar-refractivity contribution in [1.29, 1.82) is 0 Å². The van der Waals surface area contributed by atoms with Crippen LogP contribution >= 0.6 is 34.5 Å². The zero-order valence-corrected chi connectivity index (χ0v) is 14.0. The minimum Gasteiger partial charge on any atom is -0.321 e. The number of fused-ring (bicyclic) bond motifs is 1. The van der Waals surface area contributed by atoms with Gasteiger partial charge in [0.2, 0.25) is 0 Å². The van der Waals surface area contributed by atoms with Crippen molar-refractivity contribution < 1.29 is 0 Å². The molecule has 3 nitrogen and oxygen atoms in total. The smallest absolute Gasteiger partial charge is 0.113 e. The first-order valence-electron chi connectivity index (χ1n) is 6.85. The molecule has 0 fully saturated rings. The molecule has 3 rings (SSSR count). The SMILES string of the molecule is CCc1cnc(Cn2c(CCCl)nc3ccc(Cl)cc32)s1. The van der Waals surface area contributed by atoms with Crippen molar-refractivity contribution in [2.24, 2.45) is 0 Å². The molecule has 0 saturated carbocycles. The summed E-state index contributed by atoms with van der Waals surface area (Å²) >= 11 is 13.8. The number of aryl methyl sites for hydroxylation is 2. The Morgan fingerprint density at radius 3 is 2.90 bits per heavy atom. The van der Waals surface area contributed by atoms with E-state index in [2.05, 4.69) is 21.5 Å². The minimum absolute atomic E-state index is 0.551. The molecule has 0 aliphatic heterocycles. The Hall–Kier alpha value is -1.10. The molecule has 1 aromatic carbocycles. The molecule has 0 atom stereocenters. The minimum atomic E-state index is 0.551. The summed E-state index contributed by atoms with van der Waals surface area (Å²) in [5, 5.41) is 1.80. The van der Waals surface area contributed by atoms with Crippen molar-refractivity contribution in [1.82, 2.24) is 14.5 Å². The van der Waals surface area contributed by atoms with Gasteiger partial charge >= 0.3 is 0 Å². The van der Waals surface area contributed by atoms with Crippen LogP contribution in [0.25, 0.3) is 11.0 Å². The lowest BCUT2D eigenvalue weighted by molar-refractivity contribution is 0.750. The van der Waals surface area contributed by atoms with E-state index in [-0.39, 0.29) is 0 Å². The van der Waals surface area contributed by atoms with Crippen LogP contribution in [0.15, 0.2) is 24.4 Å². The van der Waals surface area contributed by atoms with Gasteiger partial charge in [0.25, 0.3) is 0 Å². The molecule has 0 amide bonds. The molecule has 6 heteroatoms. The molecule has 0 saturated heterocycles. The average Bonchev–Trinajstić information content (AvgIpc) is 3.06. The van der Waals surface area contributed by atoms with Crippen LogP contribution in [-0.4, -0.2) is 20.4 Å². The zero-order chi connectivity index (χ0) is 14.8. The number of hydrogen-bond donors (Lipinski definition) is 0. The highest BCUT2D eigenvalue weighted by Crippen LogP contribution is 2.24. The maximum absolute atomic E-state index is 6.13. The van der Waals surface area contributed by atoms with Crippen LogP contribution in [0.3, 0.4) is 0 Å². The van der Waals surface area contributed by atoms with Crippen LogP contribution in [-0.2, 0) is 19.4 Å². The van der Waals surface area contributed by atoms with Crippen molar-refractivity contribution in [3.05, 3.63) is 45.1 Å². The Morgan fingerprint density at radius 1 is 1.33 bits per heavy atom. The van der Waals surface area contributed by atoms with Gasteiger partial charge in [0, 0.05) is 28.4 Å². The fourth-order valence-electron chi connectivity index (χ4n) is 2.32.